The molecule has 0 fully saturated rings. The number of hydrogen-bond donors (Lipinski definition) is 2. The van der Waals surface area contributed by atoms with Gasteiger partial charge in [-0.15, -0.1) is 0 Å². The molecule has 0 bridgehead atoms. The van der Waals surface area contributed by atoms with Crippen LogP contribution in [0.1, 0.15) is 39.5 Å². The Bertz CT molecular complexity index is 106. The maximum Gasteiger partial charge on any atom is 0.131 e. The number of hydrogen-bond acceptors (Lipinski definition) is 3. The van der Waals surface area contributed by atoms with Gasteiger partial charge >= 0.3 is 0 Å². The van der Waals surface area contributed by atoms with E-state index >= 15 is 0 Å². The number of rotatable bonds is 5. The molecule has 0 aliphatic rings. The summed E-state index contributed by atoms with van der Waals surface area (Å²) in [6.07, 6.45) is 4.81. The second-order valence-corrected chi connectivity index (χ2v) is 4.50. The van der Waals surface area contributed by atoms with E-state index in [2.05, 4.69) is 26.1 Å². The summed E-state index contributed by atoms with van der Waals surface area (Å²) in [6.45, 7) is 5.13. The minimum Gasteiger partial charge on any atom is -0.385 e. The molecule has 0 aliphatic heterocycles. The van der Waals surface area contributed by atoms with Gasteiger partial charge in [0.2, 0.25) is 0 Å². The molecule has 0 radical (unpaired) electrons. The molecular weight excluding hydrogens is 200 g/mol. The smallest absolute Gasteiger partial charge is 0.131 e. The third kappa shape index (κ3) is 24.5. The fourth-order valence-corrected chi connectivity index (χ4v) is 1.41. The van der Waals surface area contributed by atoms with Gasteiger partial charge < -0.3 is 11.5 Å². The Morgan fingerprint density at radius 1 is 1.23 bits per heavy atom. The molecule has 0 atom stereocenters. The Labute approximate surface area is 91.8 Å². The lowest BCUT2D eigenvalue weighted by Gasteiger charge is -1.93. The summed E-state index contributed by atoms with van der Waals surface area (Å²) in [7, 11) is 0. The lowest BCUT2D eigenvalue weighted by Crippen LogP contribution is -2.02. The second kappa shape index (κ2) is 14.7. The molecule has 0 saturated carbocycles. The van der Waals surface area contributed by atoms with Crippen LogP contribution in [0.3, 0.4) is 0 Å². The molecule has 0 unspecified atom stereocenters. The van der Waals surface area contributed by atoms with Gasteiger partial charge in [0.25, 0.3) is 0 Å². The zero-order chi connectivity index (χ0) is 10.5. The van der Waals surface area contributed by atoms with E-state index in [4.69, 9.17) is 11.5 Å². The van der Waals surface area contributed by atoms with Crippen LogP contribution in [0, 0.1) is 0 Å². The molecule has 13 heavy (non-hydrogen) atoms. The molecule has 2 nitrogen and oxygen atoms in total. The van der Waals surface area contributed by atoms with Crippen molar-refractivity contribution in [1.29, 1.82) is 0 Å². The maximum absolute atomic E-state index is 5.23. The molecule has 4 heteroatoms. The van der Waals surface area contributed by atoms with Crippen LogP contribution in [0.25, 0.3) is 0 Å². The van der Waals surface area contributed by atoms with Crippen molar-refractivity contribution in [2.75, 3.05) is 12.3 Å². The van der Waals surface area contributed by atoms with E-state index in [-0.39, 0.29) is 0 Å². The Morgan fingerprint density at radius 2 is 1.77 bits per heavy atom. The molecule has 0 spiro atoms. The molecule has 0 rings (SSSR count). The highest BCUT2D eigenvalue weighted by Crippen LogP contribution is 2.02. The molecular formula is C9H22N2S2. The van der Waals surface area contributed by atoms with Crippen molar-refractivity contribution in [3.8, 4) is 0 Å². The largest absolute Gasteiger partial charge is 0.385 e. The molecule has 0 amide bonds. The zero-order valence-electron chi connectivity index (χ0n) is 8.71. The normalized spacial score (nSPS) is 8.85. The first-order valence-corrected chi connectivity index (χ1v) is 6.20. The van der Waals surface area contributed by atoms with E-state index < -0.39 is 0 Å². The SMILES string of the molecule is CCCCN.CCCCSC(N)=S. The monoisotopic (exact) mass is 222 g/mol. The van der Waals surface area contributed by atoms with Crippen molar-refractivity contribution in [1.82, 2.24) is 0 Å². The van der Waals surface area contributed by atoms with E-state index in [0.29, 0.717) is 4.32 Å². The topological polar surface area (TPSA) is 52.0 Å². The van der Waals surface area contributed by atoms with Crippen LogP contribution in [0.15, 0.2) is 0 Å². The van der Waals surface area contributed by atoms with E-state index in [1.54, 1.807) is 11.8 Å². The summed E-state index contributed by atoms with van der Waals surface area (Å²) in [4.78, 5) is 0. The number of thiocarbonyl (C=S) groups is 1. The molecule has 0 aromatic heterocycles. The van der Waals surface area contributed by atoms with Gasteiger partial charge in [-0.2, -0.15) is 0 Å². The Morgan fingerprint density at radius 3 is 2.00 bits per heavy atom. The lowest BCUT2D eigenvalue weighted by molar-refractivity contribution is 0.807. The van der Waals surface area contributed by atoms with Crippen molar-refractivity contribution in [2.45, 2.75) is 39.5 Å². The van der Waals surface area contributed by atoms with Crippen molar-refractivity contribution >= 4 is 28.3 Å². The summed E-state index contributed by atoms with van der Waals surface area (Å²) in [5, 5.41) is 0. The van der Waals surface area contributed by atoms with Gasteiger partial charge in [-0.3, -0.25) is 0 Å². The van der Waals surface area contributed by atoms with Crippen molar-refractivity contribution < 1.29 is 0 Å². The zero-order valence-corrected chi connectivity index (χ0v) is 10.3. The molecule has 80 valence electrons. The fraction of sp³-hybridized carbons (Fsp3) is 0.889. The average Bonchev–Trinajstić information content (AvgIpc) is 2.07. The molecule has 0 aliphatic carbocycles. The summed E-state index contributed by atoms with van der Waals surface area (Å²) in [5.74, 6) is 1.08. The van der Waals surface area contributed by atoms with Gasteiger partial charge in [0.15, 0.2) is 0 Å². The van der Waals surface area contributed by atoms with Crippen LogP contribution in [-0.4, -0.2) is 16.6 Å². The molecule has 4 N–H and O–H groups in total. The highest BCUT2D eigenvalue weighted by atomic mass is 32.2. The third-order valence-corrected chi connectivity index (χ3v) is 2.43. The van der Waals surface area contributed by atoms with Gasteiger partial charge in [0.05, 0.1) is 0 Å². The van der Waals surface area contributed by atoms with E-state index in [1.807, 2.05) is 0 Å². The van der Waals surface area contributed by atoms with Crippen LogP contribution in [-0.2, 0) is 0 Å². The molecule has 0 heterocycles. The third-order valence-electron chi connectivity index (χ3n) is 1.30. The summed E-state index contributed by atoms with van der Waals surface area (Å²) in [5.41, 5.74) is 10.4. The van der Waals surface area contributed by atoms with Gasteiger partial charge in [0, 0.05) is 5.75 Å². The standard InChI is InChI=1S/C5H11NS2.C4H11N/c1-2-3-4-8-5(6)7;1-2-3-4-5/h2-4H2,1H3,(H2,6,7);2-5H2,1H3. The van der Waals surface area contributed by atoms with E-state index in [1.165, 1.54) is 25.7 Å². The Hall–Kier alpha value is 0.200. The Kier molecular flexibility index (Phi) is 17.7. The second-order valence-electron chi connectivity index (χ2n) is 2.66. The van der Waals surface area contributed by atoms with Crippen LogP contribution in [0.5, 0.6) is 0 Å². The number of thioether (sulfide) groups is 1. The highest BCUT2D eigenvalue weighted by molar-refractivity contribution is 8.22. The minimum atomic E-state index is 0.568. The molecule has 0 aromatic carbocycles. The summed E-state index contributed by atoms with van der Waals surface area (Å²) in [6, 6.07) is 0. The van der Waals surface area contributed by atoms with Crippen LogP contribution < -0.4 is 11.5 Å². The Balaban J connectivity index is 0. The van der Waals surface area contributed by atoms with Gasteiger partial charge in [-0.05, 0) is 19.4 Å². The lowest BCUT2D eigenvalue weighted by atomic mass is 10.3. The van der Waals surface area contributed by atoms with Crippen LogP contribution >= 0.6 is 24.0 Å². The highest BCUT2D eigenvalue weighted by Gasteiger charge is 1.86. The first kappa shape index (κ1) is 15.7. The van der Waals surface area contributed by atoms with Gasteiger partial charge in [0.1, 0.15) is 4.32 Å². The van der Waals surface area contributed by atoms with Crippen molar-refractivity contribution in [3.05, 3.63) is 0 Å². The van der Waals surface area contributed by atoms with Crippen molar-refractivity contribution in [3.63, 3.8) is 0 Å². The van der Waals surface area contributed by atoms with Crippen LogP contribution in [0.4, 0.5) is 0 Å². The van der Waals surface area contributed by atoms with Crippen LogP contribution in [0.2, 0.25) is 0 Å². The first-order valence-electron chi connectivity index (χ1n) is 4.81. The fourth-order valence-electron chi connectivity index (χ4n) is 0.521. The quantitative estimate of drug-likeness (QED) is 0.554. The first-order chi connectivity index (χ1) is 6.18. The predicted molar refractivity (Wildman–Crippen MR) is 68.1 cm³/mol. The minimum absolute atomic E-state index is 0.568. The maximum atomic E-state index is 5.23. The summed E-state index contributed by atoms with van der Waals surface area (Å²) >= 11 is 6.21. The van der Waals surface area contributed by atoms with Gasteiger partial charge in [-0.1, -0.05) is 50.7 Å². The number of unbranched alkanes of at least 4 members (excludes halogenated alkanes) is 2. The average molecular weight is 222 g/mol. The molecule has 0 aromatic rings. The number of nitrogens with two attached hydrogens (primary N) is 2. The van der Waals surface area contributed by atoms with E-state index in [9.17, 15) is 0 Å². The molecule has 0 saturated heterocycles. The van der Waals surface area contributed by atoms with E-state index in [0.717, 1.165) is 12.3 Å². The predicted octanol–water partition coefficient (Wildman–Crippen LogP) is 2.51. The summed E-state index contributed by atoms with van der Waals surface area (Å²) < 4.78 is 0.568. The van der Waals surface area contributed by atoms with Crippen molar-refractivity contribution in [2.24, 2.45) is 11.5 Å². The van der Waals surface area contributed by atoms with Gasteiger partial charge in [-0.25, -0.2) is 0 Å².